The van der Waals surface area contributed by atoms with Crippen LogP contribution in [0.4, 0.5) is 17.1 Å². The van der Waals surface area contributed by atoms with Gasteiger partial charge in [-0.15, -0.1) is 0 Å². The molecule has 2 aliphatic rings. The van der Waals surface area contributed by atoms with Crippen LogP contribution in [0.3, 0.4) is 0 Å². The summed E-state index contributed by atoms with van der Waals surface area (Å²) in [4.78, 5) is 2.41. The lowest BCUT2D eigenvalue weighted by Crippen LogP contribution is -2.25. The SMILES string of the molecule is Cc1ccc(C)c(N(c2ccccc2)c2ccc3cc4c(cc3c2)C2(c3ccccc3-c3ccccc32)c2cc3ccccc3cc2-4)c1. The van der Waals surface area contributed by atoms with Crippen LogP contribution >= 0.6 is 0 Å². The van der Waals surface area contributed by atoms with E-state index >= 15 is 0 Å². The Morgan fingerprint density at radius 2 is 0.938 bits per heavy atom. The van der Waals surface area contributed by atoms with Gasteiger partial charge in [0, 0.05) is 17.1 Å². The lowest BCUT2D eigenvalue weighted by molar-refractivity contribution is 0.796. The molecule has 0 saturated carbocycles. The predicted octanol–water partition coefficient (Wildman–Crippen LogP) is 12.4. The van der Waals surface area contributed by atoms with Gasteiger partial charge in [-0.05, 0) is 146 Å². The van der Waals surface area contributed by atoms with E-state index in [1.54, 1.807) is 0 Å². The molecule has 48 heavy (non-hydrogen) atoms. The van der Waals surface area contributed by atoms with E-state index in [4.69, 9.17) is 0 Å². The molecule has 226 valence electrons. The molecule has 1 spiro atoms. The minimum Gasteiger partial charge on any atom is -0.310 e. The summed E-state index contributed by atoms with van der Waals surface area (Å²) in [6, 6.07) is 61.3. The van der Waals surface area contributed by atoms with Crippen LogP contribution in [-0.4, -0.2) is 0 Å². The topological polar surface area (TPSA) is 3.24 Å². The molecular formula is C47H33N. The van der Waals surface area contributed by atoms with E-state index < -0.39 is 5.41 Å². The smallest absolute Gasteiger partial charge is 0.0725 e. The number of para-hydroxylation sites is 1. The number of hydrogen-bond donors (Lipinski definition) is 0. The fourth-order valence-electron chi connectivity index (χ4n) is 8.66. The van der Waals surface area contributed by atoms with E-state index in [0.717, 1.165) is 11.4 Å². The molecule has 8 aromatic carbocycles. The molecule has 0 fully saturated rings. The summed E-state index contributed by atoms with van der Waals surface area (Å²) in [7, 11) is 0. The number of aryl methyl sites for hydroxylation is 2. The van der Waals surface area contributed by atoms with Gasteiger partial charge in [0.05, 0.1) is 5.41 Å². The van der Waals surface area contributed by atoms with Crippen LogP contribution in [0, 0.1) is 13.8 Å². The van der Waals surface area contributed by atoms with Crippen LogP contribution in [0.2, 0.25) is 0 Å². The predicted molar refractivity (Wildman–Crippen MR) is 202 cm³/mol. The molecule has 0 aliphatic heterocycles. The molecule has 2 aliphatic carbocycles. The maximum absolute atomic E-state index is 2.50. The molecule has 1 heteroatoms. The highest BCUT2D eigenvalue weighted by Gasteiger charge is 2.51. The summed E-state index contributed by atoms with van der Waals surface area (Å²) in [5.74, 6) is 0. The molecule has 1 nitrogen and oxygen atoms in total. The lowest BCUT2D eigenvalue weighted by atomic mass is 9.70. The second kappa shape index (κ2) is 10.0. The number of rotatable bonds is 3. The summed E-state index contributed by atoms with van der Waals surface area (Å²) < 4.78 is 0. The van der Waals surface area contributed by atoms with Crippen molar-refractivity contribution in [2.24, 2.45) is 0 Å². The number of nitrogens with zero attached hydrogens (tertiary/aromatic N) is 1. The highest BCUT2D eigenvalue weighted by atomic mass is 15.1. The van der Waals surface area contributed by atoms with E-state index in [1.165, 1.54) is 82.9 Å². The highest BCUT2D eigenvalue weighted by molar-refractivity contribution is 6.04. The minimum atomic E-state index is -0.391. The Balaban J connectivity index is 1.28. The molecule has 0 heterocycles. The van der Waals surface area contributed by atoms with Gasteiger partial charge in [-0.25, -0.2) is 0 Å². The summed E-state index contributed by atoms with van der Waals surface area (Å²) in [6.07, 6.45) is 0. The van der Waals surface area contributed by atoms with Crippen LogP contribution < -0.4 is 4.90 Å². The van der Waals surface area contributed by atoms with Crippen molar-refractivity contribution in [3.8, 4) is 22.3 Å². The molecular weight excluding hydrogens is 579 g/mol. The Morgan fingerprint density at radius 1 is 0.375 bits per heavy atom. The Labute approximate surface area is 281 Å². The van der Waals surface area contributed by atoms with Crippen LogP contribution in [0.1, 0.15) is 33.4 Å². The van der Waals surface area contributed by atoms with Crippen LogP contribution in [-0.2, 0) is 5.41 Å². The number of hydrogen-bond acceptors (Lipinski definition) is 1. The van der Waals surface area contributed by atoms with E-state index in [2.05, 4.69) is 183 Å². The molecule has 0 N–H and O–H groups in total. The van der Waals surface area contributed by atoms with Crippen LogP contribution in [0.25, 0.3) is 43.8 Å². The summed E-state index contributed by atoms with van der Waals surface area (Å²) in [5, 5.41) is 5.06. The van der Waals surface area contributed by atoms with Crippen molar-refractivity contribution >= 4 is 38.6 Å². The van der Waals surface area contributed by atoms with Crippen molar-refractivity contribution in [3.63, 3.8) is 0 Å². The third-order valence-electron chi connectivity index (χ3n) is 10.8. The highest BCUT2D eigenvalue weighted by Crippen LogP contribution is 2.63. The van der Waals surface area contributed by atoms with Gasteiger partial charge in [-0.1, -0.05) is 109 Å². The van der Waals surface area contributed by atoms with Crippen LogP contribution in [0.15, 0.2) is 164 Å². The average Bonchev–Trinajstić information content (AvgIpc) is 3.58. The van der Waals surface area contributed by atoms with Crippen molar-refractivity contribution in [1.29, 1.82) is 0 Å². The van der Waals surface area contributed by atoms with Gasteiger partial charge < -0.3 is 4.90 Å². The first-order chi connectivity index (χ1) is 23.6. The van der Waals surface area contributed by atoms with Gasteiger partial charge in [-0.2, -0.15) is 0 Å². The summed E-state index contributed by atoms with van der Waals surface area (Å²) >= 11 is 0. The average molecular weight is 612 g/mol. The molecule has 0 radical (unpaired) electrons. The zero-order valence-corrected chi connectivity index (χ0v) is 27.0. The lowest BCUT2D eigenvalue weighted by Gasteiger charge is -2.31. The number of fused-ring (bicyclic) bond motifs is 12. The fourth-order valence-corrected chi connectivity index (χ4v) is 8.66. The first-order valence-corrected chi connectivity index (χ1v) is 16.8. The van der Waals surface area contributed by atoms with Gasteiger partial charge in [0.15, 0.2) is 0 Å². The largest absolute Gasteiger partial charge is 0.310 e. The van der Waals surface area contributed by atoms with Crippen molar-refractivity contribution in [1.82, 2.24) is 0 Å². The van der Waals surface area contributed by atoms with E-state index in [-0.39, 0.29) is 0 Å². The molecule has 0 aromatic heterocycles. The Kier molecular flexibility index (Phi) is 5.69. The Bertz CT molecular complexity index is 2550. The molecule has 0 saturated heterocycles. The van der Waals surface area contributed by atoms with Gasteiger partial charge in [0.25, 0.3) is 0 Å². The Morgan fingerprint density at radius 3 is 1.62 bits per heavy atom. The molecule has 0 unspecified atom stereocenters. The maximum Gasteiger partial charge on any atom is 0.0725 e. The second-order valence-electron chi connectivity index (χ2n) is 13.5. The molecule has 10 rings (SSSR count). The maximum atomic E-state index is 2.50. The first kappa shape index (κ1) is 27.2. The zero-order valence-electron chi connectivity index (χ0n) is 27.0. The first-order valence-electron chi connectivity index (χ1n) is 16.8. The standard InChI is InChI=1S/C47H33N/c1-30-20-21-31(2)46(24-30)48(36-14-4-3-5-15-36)37-23-22-34-27-41-40-26-32-12-6-7-13-33(32)28-44(40)47(45(41)29-35(34)25-37)42-18-10-8-16-38(42)39-17-9-11-19-43(39)47/h3-29H,1-2H3. The van der Waals surface area contributed by atoms with E-state index in [0.29, 0.717) is 0 Å². The van der Waals surface area contributed by atoms with Crippen molar-refractivity contribution in [3.05, 3.63) is 197 Å². The van der Waals surface area contributed by atoms with Gasteiger partial charge in [-0.3, -0.25) is 0 Å². The summed E-state index contributed by atoms with van der Waals surface area (Å²) in [6.45, 7) is 4.38. The van der Waals surface area contributed by atoms with E-state index in [9.17, 15) is 0 Å². The molecule has 8 aromatic rings. The molecule has 0 amide bonds. The van der Waals surface area contributed by atoms with Gasteiger partial charge in [0.1, 0.15) is 0 Å². The third-order valence-corrected chi connectivity index (χ3v) is 10.8. The fraction of sp³-hybridized carbons (Fsp3) is 0.0638. The summed E-state index contributed by atoms with van der Waals surface area (Å²) in [5.41, 5.74) is 16.5. The van der Waals surface area contributed by atoms with Gasteiger partial charge >= 0.3 is 0 Å². The minimum absolute atomic E-state index is 0.391. The second-order valence-corrected chi connectivity index (χ2v) is 13.5. The number of anilines is 3. The molecule has 0 bridgehead atoms. The number of benzene rings is 8. The van der Waals surface area contributed by atoms with Crippen molar-refractivity contribution in [2.45, 2.75) is 19.3 Å². The van der Waals surface area contributed by atoms with Gasteiger partial charge in [0.2, 0.25) is 0 Å². The molecule has 0 atom stereocenters. The van der Waals surface area contributed by atoms with Crippen LogP contribution in [0.5, 0.6) is 0 Å². The monoisotopic (exact) mass is 611 g/mol. The zero-order chi connectivity index (χ0) is 32.0. The third kappa shape index (κ3) is 3.67. The quantitative estimate of drug-likeness (QED) is 0.192. The Hall–Kier alpha value is -5.92. The normalized spacial score (nSPS) is 13.4. The van der Waals surface area contributed by atoms with Crippen molar-refractivity contribution in [2.75, 3.05) is 4.90 Å². The van der Waals surface area contributed by atoms with E-state index in [1.807, 2.05) is 0 Å². The van der Waals surface area contributed by atoms with Crippen molar-refractivity contribution < 1.29 is 0 Å².